The molecule has 0 unspecified atom stereocenters. The molecule has 2 aromatic rings. The third-order valence-corrected chi connectivity index (χ3v) is 4.19. The minimum atomic E-state index is -0.889. The summed E-state index contributed by atoms with van der Waals surface area (Å²) in [6, 6.07) is 6.91. The van der Waals surface area contributed by atoms with E-state index in [1.54, 1.807) is 0 Å². The number of esters is 1. The number of ether oxygens (including phenoxy) is 1. The first-order valence-electron chi connectivity index (χ1n) is 7.39. The average molecular weight is 377 g/mol. The van der Waals surface area contributed by atoms with Gasteiger partial charge in [0.1, 0.15) is 0 Å². The predicted octanol–water partition coefficient (Wildman–Crippen LogP) is 2.15. The molecule has 0 aliphatic carbocycles. The van der Waals surface area contributed by atoms with Gasteiger partial charge in [0.15, 0.2) is 6.61 Å². The van der Waals surface area contributed by atoms with Gasteiger partial charge in [0.05, 0.1) is 17.0 Å². The molecule has 0 bridgehead atoms. The van der Waals surface area contributed by atoms with Gasteiger partial charge in [-0.2, -0.15) is 0 Å². The van der Waals surface area contributed by atoms with Crippen LogP contribution in [0.25, 0.3) is 0 Å². The smallest absolute Gasteiger partial charge is 0.339 e. The number of nitrogens with one attached hydrogen (secondary N) is 2. The number of amides is 3. The maximum absolute atomic E-state index is 12.0. The molecular formula is C16H15N3O6S. The van der Waals surface area contributed by atoms with E-state index in [9.17, 15) is 24.5 Å². The number of hydrogen-bond acceptors (Lipinski definition) is 7. The summed E-state index contributed by atoms with van der Waals surface area (Å²) in [5.74, 6) is -1.70. The number of nitro groups is 1. The lowest BCUT2D eigenvalue weighted by Gasteiger charge is -2.08. The summed E-state index contributed by atoms with van der Waals surface area (Å²) >= 11 is 1.46. The van der Waals surface area contributed by atoms with E-state index in [1.165, 1.54) is 36.5 Å². The van der Waals surface area contributed by atoms with Gasteiger partial charge in [-0.1, -0.05) is 12.1 Å². The first kappa shape index (κ1) is 19.1. The van der Waals surface area contributed by atoms with Gasteiger partial charge in [0.25, 0.3) is 11.6 Å². The lowest BCUT2D eigenvalue weighted by atomic mass is 10.1. The maximum Gasteiger partial charge on any atom is 0.339 e. The molecule has 0 saturated carbocycles. The summed E-state index contributed by atoms with van der Waals surface area (Å²) in [6.07, 6.45) is 0. The molecule has 10 heteroatoms. The molecule has 0 aliphatic heterocycles. The van der Waals surface area contributed by atoms with E-state index in [0.717, 1.165) is 4.88 Å². The van der Waals surface area contributed by atoms with Crippen LogP contribution in [0.1, 0.15) is 20.8 Å². The Hall–Kier alpha value is -3.27. The zero-order valence-corrected chi connectivity index (χ0v) is 14.5. The molecular weight excluding hydrogens is 362 g/mol. The predicted molar refractivity (Wildman–Crippen MR) is 92.8 cm³/mol. The highest BCUT2D eigenvalue weighted by molar-refractivity contribution is 7.09. The number of carbonyl (C=O) groups excluding carboxylic acids is 3. The number of hydrogen-bond donors (Lipinski definition) is 2. The van der Waals surface area contributed by atoms with Crippen molar-refractivity contribution in [2.24, 2.45) is 0 Å². The average Bonchev–Trinajstić information content (AvgIpc) is 3.11. The van der Waals surface area contributed by atoms with Gasteiger partial charge in [-0.3, -0.25) is 20.2 Å². The molecule has 0 spiro atoms. The first-order valence-corrected chi connectivity index (χ1v) is 8.27. The molecule has 9 nitrogen and oxygen atoms in total. The Balaban J connectivity index is 1.83. The quantitative estimate of drug-likeness (QED) is 0.451. The summed E-state index contributed by atoms with van der Waals surface area (Å²) in [5.41, 5.74) is -0.109. The molecule has 0 saturated heterocycles. The Kier molecular flexibility index (Phi) is 6.39. The SMILES string of the molecule is Cc1c(C(=O)OCC(=O)NC(=O)NCc2cccs2)cccc1[N+](=O)[O-]. The number of imide groups is 1. The van der Waals surface area contributed by atoms with Crippen LogP contribution < -0.4 is 10.6 Å². The van der Waals surface area contributed by atoms with Crippen molar-refractivity contribution in [1.29, 1.82) is 0 Å². The van der Waals surface area contributed by atoms with Crippen LogP contribution in [-0.2, 0) is 16.1 Å². The summed E-state index contributed by atoms with van der Waals surface area (Å²) < 4.78 is 4.81. The second-order valence-corrected chi connectivity index (χ2v) is 6.13. The van der Waals surface area contributed by atoms with Crippen LogP contribution in [0, 0.1) is 17.0 Å². The Morgan fingerprint density at radius 3 is 2.65 bits per heavy atom. The van der Waals surface area contributed by atoms with Crippen molar-refractivity contribution >= 4 is 34.9 Å². The molecule has 2 rings (SSSR count). The summed E-state index contributed by atoms with van der Waals surface area (Å²) in [5, 5.41) is 17.2. The van der Waals surface area contributed by atoms with Crippen molar-refractivity contribution in [3.8, 4) is 0 Å². The maximum atomic E-state index is 12.0. The number of nitro benzene ring substituents is 1. The molecule has 1 aromatic carbocycles. The largest absolute Gasteiger partial charge is 0.452 e. The lowest BCUT2D eigenvalue weighted by Crippen LogP contribution is -2.41. The first-order chi connectivity index (χ1) is 12.4. The lowest BCUT2D eigenvalue weighted by molar-refractivity contribution is -0.385. The van der Waals surface area contributed by atoms with Gasteiger partial charge in [-0.05, 0) is 24.4 Å². The normalized spacial score (nSPS) is 10.0. The van der Waals surface area contributed by atoms with E-state index in [4.69, 9.17) is 4.74 Å². The second-order valence-electron chi connectivity index (χ2n) is 5.09. The fourth-order valence-electron chi connectivity index (χ4n) is 2.04. The van der Waals surface area contributed by atoms with Gasteiger partial charge >= 0.3 is 12.0 Å². The van der Waals surface area contributed by atoms with E-state index in [0.29, 0.717) is 0 Å². The topological polar surface area (TPSA) is 128 Å². The van der Waals surface area contributed by atoms with Crippen molar-refractivity contribution in [2.75, 3.05) is 6.61 Å². The number of benzene rings is 1. The Morgan fingerprint density at radius 2 is 2.00 bits per heavy atom. The minimum absolute atomic E-state index is 0.0193. The molecule has 3 amide bonds. The highest BCUT2D eigenvalue weighted by atomic mass is 32.1. The van der Waals surface area contributed by atoms with E-state index in [2.05, 4.69) is 5.32 Å². The highest BCUT2D eigenvalue weighted by Gasteiger charge is 2.20. The molecule has 26 heavy (non-hydrogen) atoms. The van der Waals surface area contributed by atoms with Crippen molar-refractivity contribution < 1.29 is 24.0 Å². The van der Waals surface area contributed by atoms with E-state index in [1.807, 2.05) is 22.8 Å². The summed E-state index contributed by atoms with van der Waals surface area (Å²) in [4.78, 5) is 46.4. The molecule has 2 N–H and O–H groups in total. The second kappa shape index (κ2) is 8.72. The number of nitrogens with zero attached hydrogens (tertiary/aromatic N) is 1. The van der Waals surface area contributed by atoms with Crippen molar-refractivity contribution in [1.82, 2.24) is 10.6 Å². The van der Waals surface area contributed by atoms with Crippen LogP contribution in [0.3, 0.4) is 0 Å². The summed E-state index contributed by atoms with van der Waals surface area (Å²) in [6.45, 7) is 0.990. The Bertz CT molecular complexity index is 835. The van der Waals surface area contributed by atoms with E-state index >= 15 is 0 Å². The van der Waals surface area contributed by atoms with Crippen LogP contribution in [-0.4, -0.2) is 29.4 Å². The summed E-state index contributed by atoms with van der Waals surface area (Å²) in [7, 11) is 0. The fourth-order valence-corrected chi connectivity index (χ4v) is 2.68. The molecule has 136 valence electrons. The van der Waals surface area contributed by atoms with Crippen LogP contribution >= 0.6 is 11.3 Å². The van der Waals surface area contributed by atoms with Crippen LogP contribution in [0.2, 0.25) is 0 Å². The molecule has 1 heterocycles. The molecule has 1 aromatic heterocycles. The zero-order chi connectivity index (χ0) is 19.1. The van der Waals surface area contributed by atoms with Gasteiger partial charge in [0.2, 0.25) is 0 Å². The third kappa shape index (κ3) is 5.11. The van der Waals surface area contributed by atoms with Gasteiger partial charge in [0, 0.05) is 16.5 Å². The van der Waals surface area contributed by atoms with Crippen LogP contribution in [0.5, 0.6) is 0 Å². The molecule has 0 radical (unpaired) electrons. The number of thiophene rings is 1. The van der Waals surface area contributed by atoms with Gasteiger partial charge in [-0.15, -0.1) is 11.3 Å². The van der Waals surface area contributed by atoms with Gasteiger partial charge < -0.3 is 10.1 Å². The molecule has 0 fully saturated rings. The Labute approximate surface area is 152 Å². The van der Waals surface area contributed by atoms with Crippen molar-refractivity contribution in [2.45, 2.75) is 13.5 Å². The van der Waals surface area contributed by atoms with Gasteiger partial charge in [-0.25, -0.2) is 9.59 Å². The van der Waals surface area contributed by atoms with E-state index < -0.39 is 29.4 Å². The zero-order valence-electron chi connectivity index (χ0n) is 13.7. The number of carbonyl (C=O) groups is 3. The van der Waals surface area contributed by atoms with Crippen molar-refractivity contribution in [3.05, 3.63) is 61.8 Å². The third-order valence-electron chi connectivity index (χ3n) is 3.31. The standard InChI is InChI=1S/C16H15N3O6S/c1-10-12(5-2-6-13(10)19(23)24)15(21)25-9-14(20)18-16(22)17-8-11-4-3-7-26-11/h2-7H,8-9H2,1H3,(H2,17,18,20,22). The minimum Gasteiger partial charge on any atom is -0.452 e. The monoisotopic (exact) mass is 377 g/mol. The Morgan fingerprint density at radius 1 is 1.23 bits per heavy atom. The molecule has 0 aliphatic rings. The fraction of sp³-hybridized carbons (Fsp3) is 0.188. The number of rotatable bonds is 6. The highest BCUT2D eigenvalue weighted by Crippen LogP contribution is 2.21. The van der Waals surface area contributed by atoms with Crippen LogP contribution in [0.4, 0.5) is 10.5 Å². The van der Waals surface area contributed by atoms with Crippen molar-refractivity contribution in [3.63, 3.8) is 0 Å². The van der Waals surface area contributed by atoms with E-state index in [-0.39, 0.29) is 23.4 Å². The number of urea groups is 1. The van der Waals surface area contributed by atoms with Crippen LogP contribution in [0.15, 0.2) is 35.7 Å². The molecule has 0 atom stereocenters.